The number of rotatable bonds is 3. The maximum atomic E-state index is 11.6. The van der Waals surface area contributed by atoms with Crippen molar-refractivity contribution in [2.45, 2.75) is 38.1 Å². The summed E-state index contributed by atoms with van der Waals surface area (Å²) in [5.41, 5.74) is 0. The van der Waals surface area contributed by atoms with Gasteiger partial charge in [-0.25, -0.2) is 8.42 Å². The summed E-state index contributed by atoms with van der Waals surface area (Å²) in [6, 6.07) is -0.0498. The number of nitrogens with zero attached hydrogens (tertiary/aromatic N) is 5. The van der Waals surface area contributed by atoms with Crippen molar-refractivity contribution in [2.24, 2.45) is 0 Å². The lowest BCUT2D eigenvalue weighted by molar-refractivity contribution is 0.600. The number of sulfone groups is 1. The van der Waals surface area contributed by atoms with Crippen molar-refractivity contribution >= 4 is 21.6 Å². The third kappa shape index (κ3) is 3.48. The van der Waals surface area contributed by atoms with Gasteiger partial charge in [-0.3, -0.25) is 0 Å². The van der Waals surface area contributed by atoms with E-state index in [4.69, 9.17) is 0 Å². The summed E-state index contributed by atoms with van der Waals surface area (Å²) in [6.45, 7) is 2.00. The molecule has 2 aliphatic rings. The topological polar surface area (TPSA) is 79.3 Å². The van der Waals surface area contributed by atoms with E-state index in [0.29, 0.717) is 12.4 Å². The SMILES string of the molecule is CN(c1nncc(N2CCCCCC2)n1)C1CCS(=O)(=O)C1. The van der Waals surface area contributed by atoms with Crippen LogP contribution in [0.2, 0.25) is 0 Å². The Morgan fingerprint density at radius 2 is 1.95 bits per heavy atom. The second kappa shape index (κ2) is 6.36. The molecule has 0 bridgehead atoms. The molecule has 1 unspecified atom stereocenters. The molecule has 7 nitrogen and oxygen atoms in total. The van der Waals surface area contributed by atoms with Gasteiger partial charge in [0.15, 0.2) is 15.7 Å². The summed E-state index contributed by atoms with van der Waals surface area (Å²) in [5.74, 6) is 1.80. The monoisotopic (exact) mass is 325 g/mol. The maximum Gasteiger partial charge on any atom is 0.247 e. The average molecular weight is 325 g/mol. The van der Waals surface area contributed by atoms with E-state index in [1.54, 1.807) is 6.20 Å². The maximum absolute atomic E-state index is 11.6. The molecule has 0 aliphatic carbocycles. The molecule has 0 spiro atoms. The molecule has 0 amide bonds. The molecule has 122 valence electrons. The van der Waals surface area contributed by atoms with Gasteiger partial charge in [0.2, 0.25) is 5.95 Å². The van der Waals surface area contributed by atoms with Crippen LogP contribution in [0.4, 0.5) is 11.8 Å². The van der Waals surface area contributed by atoms with Gasteiger partial charge >= 0.3 is 0 Å². The summed E-state index contributed by atoms with van der Waals surface area (Å²) >= 11 is 0. The predicted molar refractivity (Wildman–Crippen MR) is 86.0 cm³/mol. The first-order chi connectivity index (χ1) is 10.6. The zero-order valence-electron chi connectivity index (χ0n) is 13.0. The Hall–Kier alpha value is -1.44. The molecule has 22 heavy (non-hydrogen) atoms. The van der Waals surface area contributed by atoms with Gasteiger partial charge in [-0.2, -0.15) is 10.1 Å². The van der Waals surface area contributed by atoms with E-state index in [0.717, 1.165) is 18.9 Å². The van der Waals surface area contributed by atoms with Crippen molar-refractivity contribution in [2.75, 3.05) is 41.4 Å². The fraction of sp³-hybridized carbons (Fsp3) is 0.786. The van der Waals surface area contributed by atoms with E-state index in [-0.39, 0.29) is 17.5 Å². The van der Waals surface area contributed by atoms with E-state index in [9.17, 15) is 8.42 Å². The normalized spacial score (nSPS) is 25.0. The van der Waals surface area contributed by atoms with Crippen LogP contribution >= 0.6 is 0 Å². The minimum atomic E-state index is -2.91. The molecule has 0 aromatic carbocycles. The molecule has 0 N–H and O–H groups in total. The summed E-state index contributed by atoms with van der Waals surface area (Å²) in [5, 5.41) is 8.17. The quantitative estimate of drug-likeness (QED) is 0.816. The Morgan fingerprint density at radius 1 is 1.23 bits per heavy atom. The second-order valence-corrected chi connectivity index (χ2v) is 8.41. The average Bonchev–Trinajstić information content (AvgIpc) is 2.73. The number of hydrogen-bond donors (Lipinski definition) is 0. The van der Waals surface area contributed by atoms with Crippen LogP contribution in [0.15, 0.2) is 6.20 Å². The first-order valence-corrected chi connectivity index (χ1v) is 9.75. The molecule has 3 heterocycles. The Labute approximate surface area is 131 Å². The zero-order chi connectivity index (χ0) is 15.6. The molecular formula is C14H23N5O2S. The highest BCUT2D eigenvalue weighted by Crippen LogP contribution is 2.22. The van der Waals surface area contributed by atoms with E-state index in [1.807, 2.05) is 11.9 Å². The van der Waals surface area contributed by atoms with Crippen LogP contribution in [-0.4, -0.2) is 61.3 Å². The highest BCUT2D eigenvalue weighted by molar-refractivity contribution is 7.91. The fourth-order valence-electron chi connectivity index (χ4n) is 3.13. The van der Waals surface area contributed by atoms with Gasteiger partial charge in [0.25, 0.3) is 0 Å². The van der Waals surface area contributed by atoms with E-state index >= 15 is 0 Å². The van der Waals surface area contributed by atoms with Gasteiger partial charge in [-0.15, -0.1) is 5.10 Å². The summed E-state index contributed by atoms with van der Waals surface area (Å²) < 4.78 is 23.3. The fourth-order valence-corrected chi connectivity index (χ4v) is 4.91. The van der Waals surface area contributed by atoms with Gasteiger partial charge in [-0.05, 0) is 19.3 Å². The van der Waals surface area contributed by atoms with Crippen molar-refractivity contribution in [3.8, 4) is 0 Å². The van der Waals surface area contributed by atoms with Crippen LogP contribution in [-0.2, 0) is 9.84 Å². The standard InChI is InChI=1S/C14H23N5O2S/c1-18(12-6-9-22(20,21)11-12)14-16-13(10-15-17-14)19-7-4-2-3-5-8-19/h10,12H,2-9,11H2,1H3. The Balaban J connectivity index is 1.75. The van der Waals surface area contributed by atoms with Gasteiger partial charge in [0.05, 0.1) is 17.7 Å². The smallest absolute Gasteiger partial charge is 0.247 e. The summed E-state index contributed by atoms with van der Waals surface area (Å²) in [4.78, 5) is 8.73. The number of anilines is 2. The third-order valence-electron chi connectivity index (χ3n) is 4.54. The highest BCUT2D eigenvalue weighted by atomic mass is 32.2. The number of aromatic nitrogens is 3. The largest absolute Gasteiger partial charge is 0.355 e. The van der Waals surface area contributed by atoms with Crippen LogP contribution in [0.25, 0.3) is 0 Å². The van der Waals surface area contributed by atoms with Gasteiger partial charge < -0.3 is 9.80 Å². The van der Waals surface area contributed by atoms with Crippen molar-refractivity contribution in [3.63, 3.8) is 0 Å². The minimum absolute atomic E-state index is 0.0498. The highest BCUT2D eigenvalue weighted by Gasteiger charge is 2.32. The molecule has 0 saturated carbocycles. The van der Waals surface area contributed by atoms with Crippen LogP contribution in [0.1, 0.15) is 32.1 Å². The van der Waals surface area contributed by atoms with Crippen LogP contribution in [0, 0.1) is 0 Å². The summed E-state index contributed by atoms with van der Waals surface area (Å²) in [6.07, 6.45) is 7.22. The zero-order valence-corrected chi connectivity index (χ0v) is 13.8. The van der Waals surface area contributed by atoms with Crippen molar-refractivity contribution < 1.29 is 8.42 Å². The Kier molecular flexibility index (Phi) is 4.46. The molecule has 3 rings (SSSR count). The van der Waals surface area contributed by atoms with Crippen molar-refractivity contribution in [3.05, 3.63) is 6.20 Å². The lowest BCUT2D eigenvalue weighted by Gasteiger charge is -2.25. The van der Waals surface area contributed by atoms with Gasteiger partial charge in [0, 0.05) is 26.2 Å². The molecule has 1 aromatic rings. The van der Waals surface area contributed by atoms with E-state index in [2.05, 4.69) is 20.1 Å². The first-order valence-electron chi connectivity index (χ1n) is 7.93. The van der Waals surface area contributed by atoms with E-state index < -0.39 is 9.84 Å². The molecule has 2 fully saturated rings. The molecule has 8 heteroatoms. The molecule has 1 aromatic heterocycles. The molecular weight excluding hydrogens is 302 g/mol. The molecule has 2 aliphatic heterocycles. The molecule has 2 saturated heterocycles. The van der Waals surface area contributed by atoms with Gasteiger partial charge in [-0.1, -0.05) is 12.8 Å². The van der Waals surface area contributed by atoms with Crippen LogP contribution in [0.3, 0.4) is 0 Å². The second-order valence-electron chi connectivity index (χ2n) is 6.18. The molecule has 1 atom stereocenters. The van der Waals surface area contributed by atoms with Crippen LogP contribution < -0.4 is 9.80 Å². The Morgan fingerprint density at radius 3 is 2.59 bits per heavy atom. The minimum Gasteiger partial charge on any atom is -0.355 e. The molecule has 0 radical (unpaired) electrons. The lowest BCUT2D eigenvalue weighted by atomic mass is 10.2. The van der Waals surface area contributed by atoms with Crippen LogP contribution in [0.5, 0.6) is 0 Å². The van der Waals surface area contributed by atoms with Crippen molar-refractivity contribution in [1.29, 1.82) is 0 Å². The lowest BCUT2D eigenvalue weighted by Crippen LogP contribution is -2.35. The van der Waals surface area contributed by atoms with E-state index in [1.165, 1.54) is 25.7 Å². The summed E-state index contributed by atoms with van der Waals surface area (Å²) in [7, 11) is -1.06. The predicted octanol–water partition coefficient (Wildman–Crippen LogP) is 0.875. The Bertz CT molecular complexity index is 613. The number of hydrogen-bond acceptors (Lipinski definition) is 7. The first kappa shape index (κ1) is 15.5. The van der Waals surface area contributed by atoms with Gasteiger partial charge in [0.1, 0.15) is 0 Å². The van der Waals surface area contributed by atoms with Crippen molar-refractivity contribution in [1.82, 2.24) is 15.2 Å². The third-order valence-corrected chi connectivity index (χ3v) is 6.29.